The number of piperazine rings is 1. The summed E-state index contributed by atoms with van der Waals surface area (Å²) in [6.45, 7) is 2.77. The van der Waals surface area contributed by atoms with Gasteiger partial charge in [-0.15, -0.1) is 0 Å². The lowest BCUT2D eigenvalue weighted by Gasteiger charge is -2.33. The van der Waals surface area contributed by atoms with Crippen LogP contribution < -0.4 is 5.32 Å². The number of amides is 3. The normalized spacial score (nSPS) is 14.4. The molecule has 0 unspecified atom stereocenters. The topological polar surface area (TPSA) is 69.7 Å². The Labute approximate surface area is 156 Å². The Kier molecular flexibility index (Phi) is 5.49. The first-order chi connectivity index (χ1) is 12.9. The van der Waals surface area contributed by atoms with Crippen molar-refractivity contribution < 1.29 is 18.8 Å². The van der Waals surface area contributed by atoms with Gasteiger partial charge in [-0.2, -0.15) is 0 Å². The number of nitrogens with zero attached hydrogens (tertiary/aromatic N) is 2. The van der Waals surface area contributed by atoms with Crippen molar-refractivity contribution in [2.24, 2.45) is 0 Å². The monoisotopic (exact) mass is 369 g/mol. The maximum Gasteiger partial charge on any atom is 0.312 e. The van der Waals surface area contributed by atoms with Gasteiger partial charge in [0.15, 0.2) is 0 Å². The zero-order chi connectivity index (χ0) is 19.4. The van der Waals surface area contributed by atoms with Crippen LogP contribution in [0, 0.1) is 12.7 Å². The fourth-order valence-electron chi connectivity index (χ4n) is 2.84. The molecule has 1 aliphatic rings. The van der Waals surface area contributed by atoms with Crippen LogP contribution in [0.25, 0.3) is 0 Å². The Hall–Kier alpha value is -3.22. The van der Waals surface area contributed by atoms with E-state index in [2.05, 4.69) is 5.32 Å². The van der Waals surface area contributed by atoms with Crippen LogP contribution in [0.15, 0.2) is 48.5 Å². The Morgan fingerprint density at radius 3 is 2.22 bits per heavy atom. The van der Waals surface area contributed by atoms with Gasteiger partial charge < -0.3 is 15.1 Å². The average Bonchev–Trinajstić information content (AvgIpc) is 2.65. The summed E-state index contributed by atoms with van der Waals surface area (Å²) >= 11 is 0. The minimum Gasteiger partial charge on any atom is -0.328 e. The van der Waals surface area contributed by atoms with Crippen molar-refractivity contribution >= 4 is 23.4 Å². The quantitative estimate of drug-likeness (QED) is 0.819. The molecule has 0 aliphatic carbocycles. The lowest BCUT2D eigenvalue weighted by molar-refractivity contribution is -0.157. The van der Waals surface area contributed by atoms with Crippen LogP contribution in [0.4, 0.5) is 10.1 Å². The standard InChI is InChI=1S/C20H20FN3O3/c1-14-2-4-15(5-3-14)12-23-10-11-24(20(27)19(23)26)13-18(25)22-17-8-6-16(21)7-9-17/h2-9H,10-13H2,1H3,(H,22,25). The summed E-state index contributed by atoms with van der Waals surface area (Å²) in [6, 6.07) is 13.1. The second-order valence-corrected chi connectivity index (χ2v) is 6.49. The maximum atomic E-state index is 12.9. The predicted molar refractivity (Wildman–Crippen MR) is 98.2 cm³/mol. The second kappa shape index (κ2) is 7.99. The molecule has 3 amide bonds. The molecule has 1 heterocycles. The van der Waals surface area contributed by atoms with Gasteiger partial charge in [0.25, 0.3) is 0 Å². The van der Waals surface area contributed by atoms with Crippen molar-refractivity contribution in [2.75, 3.05) is 25.0 Å². The highest BCUT2D eigenvalue weighted by Gasteiger charge is 2.33. The fraction of sp³-hybridized carbons (Fsp3) is 0.250. The number of anilines is 1. The third kappa shape index (κ3) is 4.69. The first kappa shape index (κ1) is 18.6. The number of hydrogen-bond acceptors (Lipinski definition) is 3. The molecule has 1 aliphatic heterocycles. The highest BCUT2D eigenvalue weighted by molar-refractivity contribution is 6.35. The molecule has 140 valence electrons. The van der Waals surface area contributed by atoms with Crippen molar-refractivity contribution in [1.82, 2.24) is 9.80 Å². The molecule has 0 atom stereocenters. The van der Waals surface area contributed by atoms with Gasteiger partial charge in [0.1, 0.15) is 12.4 Å². The molecule has 3 rings (SSSR count). The number of nitrogens with one attached hydrogen (secondary N) is 1. The van der Waals surface area contributed by atoms with Crippen molar-refractivity contribution in [3.8, 4) is 0 Å². The average molecular weight is 369 g/mol. The molecule has 2 aromatic carbocycles. The number of hydrogen-bond donors (Lipinski definition) is 1. The van der Waals surface area contributed by atoms with Gasteiger partial charge in [-0.3, -0.25) is 14.4 Å². The molecule has 0 spiro atoms. The predicted octanol–water partition coefficient (Wildman–Crippen LogP) is 1.94. The zero-order valence-corrected chi connectivity index (χ0v) is 14.9. The Morgan fingerprint density at radius 1 is 0.963 bits per heavy atom. The van der Waals surface area contributed by atoms with E-state index in [1.165, 1.54) is 34.1 Å². The summed E-state index contributed by atoms with van der Waals surface area (Å²) in [5.41, 5.74) is 2.50. The number of carbonyl (C=O) groups is 3. The van der Waals surface area contributed by atoms with E-state index in [4.69, 9.17) is 0 Å². The number of carbonyl (C=O) groups excluding carboxylic acids is 3. The number of aryl methyl sites for hydroxylation is 1. The van der Waals surface area contributed by atoms with Crippen LogP contribution in [-0.2, 0) is 20.9 Å². The minimum absolute atomic E-state index is 0.222. The van der Waals surface area contributed by atoms with Crippen LogP contribution in [0.2, 0.25) is 0 Å². The largest absolute Gasteiger partial charge is 0.328 e. The summed E-state index contributed by atoms with van der Waals surface area (Å²) in [5.74, 6) is -2.15. The zero-order valence-electron chi connectivity index (χ0n) is 14.9. The van der Waals surface area contributed by atoms with Crippen molar-refractivity contribution in [1.29, 1.82) is 0 Å². The van der Waals surface area contributed by atoms with Gasteiger partial charge in [-0.05, 0) is 36.8 Å². The minimum atomic E-state index is -0.692. The maximum absolute atomic E-state index is 12.9. The number of rotatable bonds is 5. The van der Waals surface area contributed by atoms with E-state index in [0.29, 0.717) is 18.8 Å². The van der Waals surface area contributed by atoms with Gasteiger partial charge in [0, 0.05) is 25.3 Å². The first-order valence-corrected chi connectivity index (χ1v) is 8.61. The van der Waals surface area contributed by atoms with Crippen molar-refractivity contribution in [3.05, 3.63) is 65.5 Å². The second-order valence-electron chi connectivity index (χ2n) is 6.49. The summed E-state index contributed by atoms with van der Waals surface area (Å²) in [5, 5.41) is 2.58. The first-order valence-electron chi connectivity index (χ1n) is 8.61. The molecule has 0 bridgehead atoms. The van der Waals surface area contributed by atoms with Crippen molar-refractivity contribution in [3.63, 3.8) is 0 Å². The molecule has 6 nitrogen and oxygen atoms in total. The van der Waals surface area contributed by atoms with E-state index in [0.717, 1.165) is 11.1 Å². The molecular formula is C20H20FN3O3. The number of halogens is 1. The van der Waals surface area contributed by atoms with Gasteiger partial charge >= 0.3 is 11.8 Å². The van der Waals surface area contributed by atoms with Crippen molar-refractivity contribution in [2.45, 2.75) is 13.5 Å². The van der Waals surface area contributed by atoms with E-state index >= 15 is 0 Å². The van der Waals surface area contributed by atoms with Crippen LogP contribution in [0.1, 0.15) is 11.1 Å². The third-order valence-electron chi connectivity index (χ3n) is 4.35. The Balaban J connectivity index is 1.55. The van der Waals surface area contributed by atoms with Crippen LogP contribution in [0.5, 0.6) is 0 Å². The Morgan fingerprint density at radius 2 is 1.56 bits per heavy atom. The molecule has 7 heteroatoms. The molecule has 1 saturated heterocycles. The van der Waals surface area contributed by atoms with Gasteiger partial charge in [-0.1, -0.05) is 29.8 Å². The summed E-state index contributed by atoms with van der Waals surface area (Å²) in [6.07, 6.45) is 0. The van der Waals surface area contributed by atoms with Gasteiger partial charge in [-0.25, -0.2) is 4.39 Å². The summed E-state index contributed by atoms with van der Waals surface area (Å²) < 4.78 is 12.9. The lowest BCUT2D eigenvalue weighted by Crippen LogP contribution is -2.55. The smallest absolute Gasteiger partial charge is 0.312 e. The molecule has 0 radical (unpaired) electrons. The number of benzene rings is 2. The van der Waals surface area contributed by atoms with Crippen LogP contribution in [0.3, 0.4) is 0 Å². The molecule has 1 fully saturated rings. The van der Waals surface area contributed by atoms with Gasteiger partial charge in [0.2, 0.25) is 5.91 Å². The highest BCUT2D eigenvalue weighted by atomic mass is 19.1. The Bertz CT molecular complexity index is 850. The van der Waals surface area contributed by atoms with E-state index in [9.17, 15) is 18.8 Å². The molecule has 27 heavy (non-hydrogen) atoms. The van der Waals surface area contributed by atoms with Gasteiger partial charge in [0.05, 0.1) is 0 Å². The van der Waals surface area contributed by atoms with E-state index in [1.54, 1.807) is 0 Å². The fourth-order valence-corrected chi connectivity index (χ4v) is 2.84. The SMILES string of the molecule is Cc1ccc(CN2CCN(CC(=O)Nc3ccc(F)cc3)C(=O)C2=O)cc1. The highest BCUT2D eigenvalue weighted by Crippen LogP contribution is 2.13. The lowest BCUT2D eigenvalue weighted by atomic mass is 10.1. The van der Waals surface area contributed by atoms with E-state index < -0.39 is 23.5 Å². The van der Waals surface area contributed by atoms with Crippen LogP contribution in [-0.4, -0.2) is 47.2 Å². The summed E-state index contributed by atoms with van der Waals surface area (Å²) in [4.78, 5) is 39.5. The summed E-state index contributed by atoms with van der Waals surface area (Å²) in [7, 11) is 0. The molecular weight excluding hydrogens is 349 g/mol. The third-order valence-corrected chi connectivity index (χ3v) is 4.35. The van der Waals surface area contributed by atoms with E-state index in [1.807, 2.05) is 31.2 Å². The van der Waals surface area contributed by atoms with E-state index in [-0.39, 0.29) is 13.1 Å². The molecule has 1 N–H and O–H groups in total. The molecule has 0 aromatic heterocycles. The molecule has 2 aromatic rings. The van der Waals surface area contributed by atoms with Crippen LogP contribution >= 0.6 is 0 Å². The molecule has 0 saturated carbocycles.